The molecule has 0 spiro atoms. The van der Waals surface area contributed by atoms with Gasteiger partial charge in [-0.1, -0.05) is 63.7 Å². The fourth-order valence-electron chi connectivity index (χ4n) is 4.91. The Morgan fingerprint density at radius 1 is 1.03 bits per heavy atom. The topological polar surface area (TPSA) is 54.9 Å². The second kappa shape index (κ2) is 10.3. The number of carbonyl (C=O) groups excluding carboxylic acids is 1. The first-order valence-corrected chi connectivity index (χ1v) is 13.8. The van der Waals surface area contributed by atoms with E-state index in [-0.39, 0.29) is 5.91 Å². The lowest BCUT2D eigenvalue weighted by Gasteiger charge is -2.32. The number of hydrogen-bond donors (Lipinski definition) is 0. The first-order chi connectivity index (χ1) is 17.7. The van der Waals surface area contributed by atoms with Gasteiger partial charge in [-0.15, -0.1) is 0 Å². The molecule has 1 aromatic heterocycles. The van der Waals surface area contributed by atoms with E-state index in [2.05, 4.69) is 26.9 Å². The molecule has 1 saturated heterocycles. The zero-order valence-electron chi connectivity index (χ0n) is 19.7. The summed E-state index contributed by atoms with van der Waals surface area (Å²) in [6.07, 6.45) is 0.859. The smallest absolute Gasteiger partial charge is 0.241 e. The summed E-state index contributed by atoms with van der Waals surface area (Å²) in [7, 11) is 0. The van der Waals surface area contributed by atoms with Crippen molar-refractivity contribution in [2.24, 2.45) is 0 Å². The Bertz CT molecular complexity index is 1360. The molecule has 2 aliphatic rings. The number of para-hydroxylation sites is 2. The maximum atomic E-state index is 14.4. The first kappa shape index (κ1) is 23.6. The molecule has 0 N–H and O–H groups in total. The van der Waals surface area contributed by atoms with Crippen molar-refractivity contribution in [2.45, 2.75) is 12.3 Å². The van der Waals surface area contributed by atoms with E-state index in [9.17, 15) is 4.79 Å². The van der Waals surface area contributed by atoms with E-state index in [1.807, 2.05) is 65.6 Å². The van der Waals surface area contributed by atoms with Crippen LogP contribution in [0.5, 0.6) is 11.5 Å². The fourth-order valence-corrected chi connectivity index (χ4v) is 6.46. The highest BCUT2D eigenvalue weighted by Gasteiger charge is 2.36. The molecule has 6 nitrogen and oxygen atoms in total. The van der Waals surface area contributed by atoms with Crippen molar-refractivity contribution in [3.8, 4) is 11.5 Å². The number of carbonyl (C=O) groups is 1. The number of halogens is 1. The second-order valence-electron chi connectivity index (χ2n) is 9.02. The van der Waals surface area contributed by atoms with E-state index in [0.29, 0.717) is 6.54 Å². The lowest BCUT2D eigenvalue weighted by Crippen LogP contribution is -2.40. The van der Waals surface area contributed by atoms with Crippen LogP contribution in [0.15, 0.2) is 71.2 Å². The minimum Gasteiger partial charge on any atom is -0.457 e. The predicted molar refractivity (Wildman–Crippen MR) is 146 cm³/mol. The summed E-state index contributed by atoms with van der Waals surface area (Å²) in [6, 6.07) is 21.7. The van der Waals surface area contributed by atoms with Gasteiger partial charge in [-0.05, 0) is 36.8 Å². The van der Waals surface area contributed by atoms with Gasteiger partial charge < -0.3 is 9.47 Å². The van der Waals surface area contributed by atoms with Crippen molar-refractivity contribution in [1.29, 1.82) is 0 Å². The molecule has 6 rings (SSSR count). The van der Waals surface area contributed by atoms with Gasteiger partial charge in [0.15, 0.2) is 5.13 Å². The summed E-state index contributed by atoms with van der Waals surface area (Å²) in [5.41, 5.74) is 2.68. The maximum absolute atomic E-state index is 14.4. The molecule has 0 radical (unpaired) electrons. The number of nitrogens with zero attached hydrogens (tertiary/aromatic N) is 3. The molecule has 2 aliphatic heterocycles. The standard InChI is InChI=1S/C28H26BrN3O3S/c29-19-10-11-22-25(18-19)36-28(30-22)32(13-5-12-31-14-16-34-17-15-31)27(33)26-20-6-1-3-8-23(20)35-24-9-4-2-7-21(24)26/h1-4,6-11,18,26H,5,12-17H2. The van der Waals surface area contributed by atoms with Crippen LogP contribution in [0.2, 0.25) is 0 Å². The van der Waals surface area contributed by atoms with Gasteiger partial charge in [0.2, 0.25) is 5.91 Å². The molecule has 0 saturated carbocycles. The van der Waals surface area contributed by atoms with Crippen LogP contribution in [0, 0.1) is 0 Å². The van der Waals surface area contributed by atoms with Gasteiger partial charge in [0.05, 0.1) is 29.3 Å². The summed E-state index contributed by atoms with van der Waals surface area (Å²) in [5, 5.41) is 0.733. The third-order valence-electron chi connectivity index (χ3n) is 6.72. The van der Waals surface area contributed by atoms with Crippen LogP contribution in [0.3, 0.4) is 0 Å². The van der Waals surface area contributed by atoms with Crippen LogP contribution in [0.25, 0.3) is 10.2 Å². The van der Waals surface area contributed by atoms with Crippen LogP contribution in [-0.2, 0) is 9.53 Å². The van der Waals surface area contributed by atoms with Gasteiger partial charge in [0.25, 0.3) is 0 Å². The van der Waals surface area contributed by atoms with E-state index in [1.165, 1.54) is 0 Å². The highest BCUT2D eigenvalue weighted by atomic mass is 79.9. The molecular weight excluding hydrogens is 538 g/mol. The van der Waals surface area contributed by atoms with Gasteiger partial charge >= 0.3 is 0 Å². The lowest BCUT2D eigenvalue weighted by atomic mass is 9.87. The number of benzene rings is 3. The highest BCUT2D eigenvalue weighted by molar-refractivity contribution is 9.10. The molecule has 8 heteroatoms. The Morgan fingerprint density at radius 3 is 2.44 bits per heavy atom. The molecule has 0 unspecified atom stereocenters. The fraction of sp³-hybridized carbons (Fsp3) is 0.286. The van der Waals surface area contributed by atoms with Gasteiger partial charge in [-0.25, -0.2) is 4.98 Å². The molecule has 1 fully saturated rings. The Kier molecular flexibility index (Phi) is 6.75. The quantitative estimate of drug-likeness (QED) is 0.285. The van der Waals surface area contributed by atoms with Crippen LogP contribution in [-0.4, -0.2) is 55.2 Å². The summed E-state index contributed by atoms with van der Waals surface area (Å²) in [6.45, 7) is 4.92. The minimum absolute atomic E-state index is 0.0262. The number of rotatable bonds is 6. The minimum atomic E-state index is -0.451. The number of hydrogen-bond acceptors (Lipinski definition) is 6. The lowest BCUT2D eigenvalue weighted by molar-refractivity contribution is -0.119. The third kappa shape index (κ3) is 4.66. The van der Waals surface area contributed by atoms with Crippen LogP contribution in [0.1, 0.15) is 23.5 Å². The van der Waals surface area contributed by atoms with Crippen LogP contribution >= 0.6 is 27.3 Å². The molecule has 4 aromatic rings. The number of thiazole rings is 1. The van der Waals surface area contributed by atoms with Gasteiger partial charge in [0, 0.05) is 41.8 Å². The zero-order valence-corrected chi connectivity index (χ0v) is 22.1. The van der Waals surface area contributed by atoms with E-state index in [0.717, 1.165) is 81.7 Å². The number of ether oxygens (including phenoxy) is 2. The van der Waals surface area contributed by atoms with Gasteiger partial charge in [0.1, 0.15) is 11.5 Å². The Morgan fingerprint density at radius 2 is 1.72 bits per heavy atom. The summed E-state index contributed by atoms with van der Waals surface area (Å²) in [5.74, 6) is 1.04. The molecular formula is C28H26BrN3O3S. The average molecular weight is 565 g/mol. The van der Waals surface area contributed by atoms with Gasteiger partial charge in [-0.2, -0.15) is 0 Å². The molecule has 0 aliphatic carbocycles. The summed E-state index contributed by atoms with van der Waals surface area (Å²) < 4.78 is 13.7. The SMILES string of the molecule is O=C(C1c2ccccc2Oc2ccccc21)N(CCCN1CCOCC1)c1nc2ccc(Br)cc2s1. The highest BCUT2D eigenvalue weighted by Crippen LogP contribution is 2.45. The van der Waals surface area contributed by atoms with Crippen LogP contribution in [0.4, 0.5) is 5.13 Å². The number of aromatic nitrogens is 1. The average Bonchev–Trinajstić information content (AvgIpc) is 3.32. The number of amides is 1. The van der Waals surface area contributed by atoms with Crippen molar-refractivity contribution in [1.82, 2.24) is 9.88 Å². The maximum Gasteiger partial charge on any atom is 0.241 e. The molecule has 3 aromatic carbocycles. The molecule has 184 valence electrons. The molecule has 1 amide bonds. The largest absolute Gasteiger partial charge is 0.457 e. The zero-order chi connectivity index (χ0) is 24.5. The normalized spacial score (nSPS) is 15.8. The van der Waals surface area contributed by atoms with Crippen molar-refractivity contribution in [2.75, 3.05) is 44.3 Å². The Labute approximate surface area is 222 Å². The molecule has 36 heavy (non-hydrogen) atoms. The monoisotopic (exact) mass is 563 g/mol. The second-order valence-corrected chi connectivity index (χ2v) is 10.9. The van der Waals surface area contributed by atoms with Crippen molar-refractivity contribution >= 4 is 48.5 Å². The van der Waals surface area contributed by atoms with Gasteiger partial charge in [-0.3, -0.25) is 14.6 Å². The molecule has 0 atom stereocenters. The number of anilines is 1. The number of fused-ring (bicyclic) bond motifs is 3. The Hall–Kier alpha value is -2.78. The van der Waals surface area contributed by atoms with Crippen molar-refractivity contribution in [3.63, 3.8) is 0 Å². The Balaban J connectivity index is 1.36. The van der Waals surface area contributed by atoms with E-state index >= 15 is 0 Å². The van der Waals surface area contributed by atoms with Crippen LogP contribution < -0.4 is 9.64 Å². The first-order valence-electron chi connectivity index (χ1n) is 12.2. The predicted octanol–water partition coefficient (Wildman–Crippen LogP) is 6.05. The van der Waals surface area contributed by atoms with Crippen molar-refractivity contribution in [3.05, 3.63) is 82.3 Å². The number of morpholine rings is 1. The van der Waals surface area contributed by atoms with Crippen molar-refractivity contribution < 1.29 is 14.3 Å². The third-order valence-corrected chi connectivity index (χ3v) is 8.26. The van der Waals surface area contributed by atoms with E-state index in [4.69, 9.17) is 14.5 Å². The van der Waals surface area contributed by atoms with E-state index in [1.54, 1.807) is 11.3 Å². The molecule has 0 bridgehead atoms. The summed E-state index contributed by atoms with van der Waals surface area (Å²) in [4.78, 5) is 23.6. The molecule has 3 heterocycles. The van der Waals surface area contributed by atoms with E-state index < -0.39 is 5.92 Å². The summed E-state index contributed by atoms with van der Waals surface area (Å²) >= 11 is 5.12.